The van der Waals surface area contributed by atoms with E-state index in [-0.39, 0.29) is 11.3 Å². The largest absolute Gasteiger partial charge is 0.328 e. The van der Waals surface area contributed by atoms with Crippen LogP contribution in [-0.2, 0) is 7.05 Å². The fourth-order valence-corrected chi connectivity index (χ4v) is 5.08. The third-order valence-electron chi connectivity index (χ3n) is 6.75. The lowest BCUT2D eigenvalue weighted by molar-refractivity contribution is -0.900. The number of aryl methyl sites for hydroxylation is 1. The molecule has 4 rings (SSSR count). The van der Waals surface area contributed by atoms with Crippen molar-refractivity contribution in [2.24, 2.45) is 13.0 Å². The third-order valence-corrected chi connectivity index (χ3v) is 6.75. The number of aromatic nitrogens is 3. The molecule has 1 N–H and O–H groups in total. The number of nitrogens with zero attached hydrogens (tertiary/aromatic N) is 3. The summed E-state index contributed by atoms with van der Waals surface area (Å²) in [7, 11) is 1.90. The second-order valence-corrected chi connectivity index (χ2v) is 9.08. The maximum absolute atomic E-state index is 13.5. The smallest absolute Gasteiger partial charge is 0.295 e. The standard InChI is InChI=1S/C25H32N4O2/c1-17-10-9-13-27(15-17)16-23(30)22-14-18(2)28(19(22)3)24-20(4)26(5)29(25(24)31)21-11-7-6-8-12-21/h6-8,11-12,14,17H,9-10,13,15-16H2,1-5H3/p+1/t17-/m1/s1. The van der Waals surface area contributed by atoms with Crippen LogP contribution in [0.2, 0.25) is 0 Å². The van der Waals surface area contributed by atoms with E-state index < -0.39 is 0 Å². The topological polar surface area (TPSA) is 53.4 Å². The zero-order valence-electron chi connectivity index (χ0n) is 19.2. The first-order valence-corrected chi connectivity index (χ1v) is 11.2. The van der Waals surface area contributed by atoms with Crippen molar-refractivity contribution >= 4 is 5.78 Å². The molecule has 0 radical (unpaired) electrons. The van der Waals surface area contributed by atoms with Gasteiger partial charge in [-0.2, -0.15) is 0 Å². The van der Waals surface area contributed by atoms with E-state index in [0.717, 1.165) is 41.4 Å². The number of likely N-dealkylation sites (tertiary alicyclic amines) is 1. The predicted octanol–water partition coefficient (Wildman–Crippen LogP) is 2.39. The lowest BCUT2D eigenvalue weighted by atomic mass is 9.99. The van der Waals surface area contributed by atoms with Crippen molar-refractivity contribution in [1.29, 1.82) is 0 Å². The van der Waals surface area contributed by atoms with E-state index in [1.54, 1.807) is 4.68 Å². The van der Waals surface area contributed by atoms with Gasteiger partial charge in [-0.05, 0) is 51.8 Å². The van der Waals surface area contributed by atoms with Crippen molar-refractivity contribution in [3.8, 4) is 11.4 Å². The van der Waals surface area contributed by atoms with Gasteiger partial charge in [-0.15, -0.1) is 0 Å². The van der Waals surface area contributed by atoms with Gasteiger partial charge in [-0.25, -0.2) is 4.68 Å². The minimum absolute atomic E-state index is 0.0810. The fourth-order valence-electron chi connectivity index (χ4n) is 5.08. The van der Waals surface area contributed by atoms with Crippen LogP contribution >= 0.6 is 0 Å². The van der Waals surface area contributed by atoms with Gasteiger partial charge in [-0.3, -0.25) is 14.3 Å². The predicted molar refractivity (Wildman–Crippen MR) is 123 cm³/mol. The Kier molecular flexibility index (Phi) is 5.75. The van der Waals surface area contributed by atoms with Crippen LogP contribution in [0.4, 0.5) is 0 Å². The van der Waals surface area contributed by atoms with Gasteiger partial charge in [0, 0.05) is 29.9 Å². The summed E-state index contributed by atoms with van der Waals surface area (Å²) in [6.45, 7) is 10.8. The summed E-state index contributed by atoms with van der Waals surface area (Å²) in [6.07, 6.45) is 2.44. The normalized spacial score (nSPS) is 19.0. The second kappa shape index (κ2) is 8.35. The lowest BCUT2D eigenvalue weighted by Gasteiger charge is -2.27. The molecule has 1 aliphatic heterocycles. The molecule has 164 valence electrons. The Morgan fingerprint density at radius 3 is 2.52 bits per heavy atom. The molecule has 3 aromatic rings. The van der Waals surface area contributed by atoms with Gasteiger partial charge in [0.15, 0.2) is 0 Å². The molecule has 1 aliphatic rings. The summed E-state index contributed by atoms with van der Waals surface area (Å²) in [5.41, 5.74) is 4.71. The molecule has 1 aromatic carbocycles. The average molecular weight is 422 g/mol. The quantitative estimate of drug-likeness (QED) is 0.643. The van der Waals surface area contributed by atoms with Crippen molar-refractivity contribution in [3.05, 3.63) is 69.4 Å². The zero-order valence-corrected chi connectivity index (χ0v) is 19.2. The molecule has 0 bridgehead atoms. The van der Waals surface area contributed by atoms with E-state index >= 15 is 0 Å². The second-order valence-electron chi connectivity index (χ2n) is 9.08. The highest BCUT2D eigenvalue weighted by Crippen LogP contribution is 2.22. The summed E-state index contributed by atoms with van der Waals surface area (Å²) in [6, 6.07) is 11.6. The van der Waals surface area contributed by atoms with Crippen LogP contribution in [0.15, 0.2) is 41.2 Å². The first kappa shape index (κ1) is 21.4. The van der Waals surface area contributed by atoms with Crippen LogP contribution in [0.1, 0.15) is 47.2 Å². The maximum Gasteiger partial charge on any atom is 0.295 e. The number of Topliss-reactive ketones (excluding diaryl/α,β-unsaturated/α-hetero) is 1. The molecule has 0 saturated carbocycles. The number of ketones is 1. The van der Waals surface area contributed by atoms with Crippen LogP contribution in [0.25, 0.3) is 11.4 Å². The Morgan fingerprint density at radius 2 is 1.84 bits per heavy atom. The third kappa shape index (κ3) is 3.81. The number of carbonyl (C=O) groups excluding carboxylic acids is 1. The molecule has 6 nitrogen and oxygen atoms in total. The molecule has 1 saturated heterocycles. The molecule has 1 unspecified atom stereocenters. The number of piperidine rings is 1. The van der Waals surface area contributed by atoms with Gasteiger partial charge in [0.1, 0.15) is 12.2 Å². The van der Waals surface area contributed by atoms with Crippen LogP contribution in [0.3, 0.4) is 0 Å². The summed E-state index contributed by atoms with van der Waals surface area (Å²) in [5.74, 6) is 0.841. The Balaban J connectivity index is 1.73. The van der Waals surface area contributed by atoms with E-state index in [0.29, 0.717) is 18.2 Å². The van der Waals surface area contributed by atoms with Gasteiger partial charge in [0.25, 0.3) is 5.56 Å². The summed E-state index contributed by atoms with van der Waals surface area (Å²) < 4.78 is 5.52. The number of hydrogen-bond donors (Lipinski definition) is 1. The molecule has 31 heavy (non-hydrogen) atoms. The van der Waals surface area contributed by atoms with Gasteiger partial charge in [-0.1, -0.05) is 25.1 Å². The zero-order chi connectivity index (χ0) is 22.3. The Morgan fingerprint density at radius 1 is 1.13 bits per heavy atom. The molecule has 6 heteroatoms. The van der Waals surface area contributed by atoms with Crippen molar-refractivity contribution in [2.45, 2.75) is 40.5 Å². The van der Waals surface area contributed by atoms with Crippen molar-refractivity contribution < 1.29 is 9.69 Å². The summed E-state index contributed by atoms with van der Waals surface area (Å²) in [5, 5.41) is 0. The van der Waals surface area contributed by atoms with Gasteiger partial charge in [0.05, 0.1) is 24.5 Å². The number of para-hydroxylation sites is 1. The SMILES string of the molecule is Cc1cc(C(=O)C[NH+]2CCC[C@@H](C)C2)c(C)n1-c1c(C)n(C)n(-c2ccccc2)c1=O. The van der Waals surface area contributed by atoms with Crippen LogP contribution in [-0.4, -0.2) is 39.3 Å². The Hall–Kier alpha value is -2.86. The molecule has 3 heterocycles. The number of carbonyl (C=O) groups is 1. The molecule has 2 aromatic heterocycles. The molecule has 0 aliphatic carbocycles. The van der Waals surface area contributed by atoms with Crippen LogP contribution in [0, 0.1) is 26.7 Å². The average Bonchev–Trinajstić information content (AvgIpc) is 3.14. The highest BCUT2D eigenvalue weighted by Gasteiger charge is 2.27. The van der Waals surface area contributed by atoms with E-state index in [1.165, 1.54) is 17.7 Å². The number of nitrogens with one attached hydrogen (secondary N) is 1. The Labute approximate surface area is 183 Å². The minimum Gasteiger partial charge on any atom is -0.328 e. The minimum atomic E-state index is -0.0810. The number of rotatable bonds is 5. The summed E-state index contributed by atoms with van der Waals surface area (Å²) in [4.78, 5) is 28.0. The maximum atomic E-state index is 13.5. The molecular formula is C25H33N4O2+. The van der Waals surface area contributed by atoms with E-state index in [9.17, 15) is 9.59 Å². The van der Waals surface area contributed by atoms with E-state index in [1.807, 2.05) is 73.5 Å². The Bertz CT molecular complexity index is 1170. The fraction of sp³-hybridized carbons (Fsp3) is 0.440. The molecule has 0 spiro atoms. The number of benzene rings is 1. The van der Waals surface area contributed by atoms with Crippen molar-refractivity contribution in [1.82, 2.24) is 13.9 Å². The summed E-state index contributed by atoms with van der Waals surface area (Å²) >= 11 is 0. The number of quaternary nitrogens is 1. The van der Waals surface area contributed by atoms with Gasteiger partial charge >= 0.3 is 0 Å². The van der Waals surface area contributed by atoms with Crippen LogP contribution in [0.5, 0.6) is 0 Å². The monoisotopic (exact) mass is 421 g/mol. The molecule has 1 fully saturated rings. The molecular weight excluding hydrogens is 388 g/mol. The van der Waals surface area contributed by atoms with Gasteiger partial charge in [0.2, 0.25) is 5.78 Å². The van der Waals surface area contributed by atoms with Crippen molar-refractivity contribution in [3.63, 3.8) is 0 Å². The molecule has 0 amide bonds. The van der Waals surface area contributed by atoms with Crippen LogP contribution < -0.4 is 10.5 Å². The van der Waals surface area contributed by atoms with E-state index in [2.05, 4.69) is 6.92 Å². The molecule has 2 atom stereocenters. The lowest BCUT2D eigenvalue weighted by Crippen LogP contribution is -3.14. The van der Waals surface area contributed by atoms with Gasteiger partial charge < -0.3 is 9.47 Å². The highest BCUT2D eigenvalue weighted by atomic mass is 16.1. The first-order chi connectivity index (χ1) is 14.8. The number of hydrogen-bond acceptors (Lipinski definition) is 2. The van der Waals surface area contributed by atoms with Crippen molar-refractivity contribution in [2.75, 3.05) is 19.6 Å². The highest BCUT2D eigenvalue weighted by molar-refractivity contribution is 5.98. The van der Waals surface area contributed by atoms with E-state index in [4.69, 9.17) is 0 Å². The first-order valence-electron chi connectivity index (χ1n) is 11.2.